The van der Waals surface area contributed by atoms with Crippen LogP contribution in [0.1, 0.15) is 31.8 Å². The van der Waals surface area contributed by atoms with Crippen LogP contribution >= 0.6 is 0 Å². The van der Waals surface area contributed by atoms with Crippen molar-refractivity contribution in [3.8, 4) is 0 Å². The summed E-state index contributed by atoms with van der Waals surface area (Å²) in [5.41, 5.74) is 4.53. The van der Waals surface area contributed by atoms with E-state index in [1.807, 2.05) is 69.6 Å². The molecule has 5 nitrogen and oxygen atoms in total. The minimum atomic E-state index is -0.216. The number of hydrogen-bond acceptors (Lipinski definition) is 3. The number of likely N-dealkylation sites (N-methyl/N-ethyl adjacent to an activating group) is 1. The molecule has 30 heavy (non-hydrogen) atoms. The maximum Gasteiger partial charge on any atom is 0.255 e. The highest BCUT2D eigenvalue weighted by atomic mass is 16.2. The Balaban J connectivity index is 1.68. The second-order valence-electron chi connectivity index (χ2n) is 7.55. The van der Waals surface area contributed by atoms with Crippen LogP contribution in [0, 0.1) is 6.92 Å². The Labute approximate surface area is 177 Å². The van der Waals surface area contributed by atoms with Crippen molar-refractivity contribution in [2.75, 3.05) is 31.3 Å². The summed E-state index contributed by atoms with van der Waals surface area (Å²) in [5.74, 6) is -0.421. The van der Waals surface area contributed by atoms with Gasteiger partial charge in [0.2, 0.25) is 0 Å². The maximum atomic E-state index is 12.7. The molecule has 0 spiro atoms. The molecule has 0 aliphatic heterocycles. The smallest absolute Gasteiger partial charge is 0.255 e. The van der Waals surface area contributed by atoms with Gasteiger partial charge in [-0.25, -0.2) is 0 Å². The first-order valence-corrected chi connectivity index (χ1v) is 9.94. The number of hydrogen-bond donors (Lipinski definition) is 2. The topological polar surface area (TPSA) is 61.4 Å². The van der Waals surface area contributed by atoms with Crippen LogP contribution in [0.5, 0.6) is 0 Å². The minimum Gasteiger partial charge on any atom is -0.322 e. The third-order valence-corrected chi connectivity index (χ3v) is 4.84. The van der Waals surface area contributed by atoms with Crippen molar-refractivity contribution >= 4 is 23.2 Å². The molecule has 0 saturated heterocycles. The van der Waals surface area contributed by atoms with Crippen LogP contribution in [0.15, 0.2) is 72.8 Å². The second-order valence-corrected chi connectivity index (χ2v) is 7.55. The lowest BCUT2D eigenvalue weighted by atomic mass is 10.1. The van der Waals surface area contributed by atoms with Crippen molar-refractivity contribution in [3.05, 3.63) is 95.1 Å². The lowest BCUT2D eigenvalue weighted by molar-refractivity contribution is 0.101. The number of anilines is 2. The predicted octanol–water partition coefficient (Wildman–Crippen LogP) is 4.60. The zero-order valence-electron chi connectivity index (χ0n) is 17.6. The molecule has 0 aliphatic carbocycles. The summed E-state index contributed by atoms with van der Waals surface area (Å²) >= 11 is 0. The third-order valence-electron chi connectivity index (χ3n) is 4.84. The first-order chi connectivity index (χ1) is 14.4. The fraction of sp³-hybridized carbons (Fsp3) is 0.200. The molecule has 2 amide bonds. The van der Waals surface area contributed by atoms with E-state index in [0.29, 0.717) is 16.8 Å². The number of benzene rings is 3. The fourth-order valence-corrected chi connectivity index (χ4v) is 2.99. The van der Waals surface area contributed by atoms with E-state index >= 15 is 0 Å². The monoisotopic (exact) mass is 401 g/mol. The number of aryl methyl sites for hydroxylation is 1. The van der Waals surface area contributed by atoms with Gasteiger partial charge in [0.1, 0.15) is 0 Å². The molecule has 0 saturated carbocycles. The average Bonchev–Trinajstić information content (AvgIpc) is 2.75. The number of rotatable bonds is 7. The summed E-state index contributed by atoms with van der Waals surface area (Å²) in [4.78, 5) is 27.3. The molecule has 0 fully saturated rings. The number of carbonyl (C=O) groups excluding carboxylic acids is 2. The molecule has 2 N–H and O–H groups in total. The highest BCUT2D eigenvalue weighted by molar-refractivity contribution is 6.07. The Morgan fingerprint density at radius 2 is 1.47 bits per heavy atom. The van der Waals surface area contributed by atoms with E-state index in [9.17, 15) is 9.59 Å². The van der Waals surface area contributed by atoms with Crippen molar-refractivity contribution < 1.29 is 9.59 Å². The summed E-state index contributed by atoms with van der Waals surface area (Å²) in [6.45, 7) is 2.88. The van der Waals surface area contributed by atoms with Crippen molar-refractivity contribution in [2.45, 2.75) is 13.3 Å². The molecule has 0 heterocycles. The standard InChI is InChI=1S/C25H27N3O2/c1-18-9-12-21(17-23(18)27-24(29)20-7-5-4-6-8-20)25(30)26-22-13-10-19(11-14-22)15-16-28(2)3/h4-14,17H,15-16H2,1-3H3,(H,26,30)(H,27,29). The van der Waals surface area contributed by atoms with E-state index in [2.05, 4.69) is 15.5 Å². The van der Waals surface area contributed by atoms with Gasteiger partial charge in [0.25, 0.3) is 11.8 Å². The first-order valence-electron chi connectivity index (χ1n) is 9.94. The van der Waals surface area contributed by atoms with Gasteiger partial charge in [-0.3, -0.25) is 9.59 Å². The van der Waals surface area contributed by atoms with Gasteiger partial charge in [0.05, 0.1) is 0 Å². The normalized spacial score (nSPS) is 10.7. The van der Waals surface area contributed by atoms with Crippen molar-refractivity contribution in [2.24, 2.45) is 0 Å². The van der Waals surface area contributed by atoms with Crippen LogP contribution in [0.3, 0.4) is 0 Å². The van der Waals surface area contributed by atoms with Crippen LogP contribution in [0.25, 0.3) is 0 Å². The molecule has 0 unspecified atom stereocenters. The van der Waals surface area contributed by atoms with Crippen LogP contribution in [0.4, 0.5) is 11.4 Å². The van der Waals surface area contributed by atoms with E-state index in [1.54, 1.807) is 24.3 Å². The minimum absolute atomic E-state index is 0.204. The Bertz CT molecular complexity index is 1010. The number of amides is 2. The van der Waals surface area contributed by atoms with Crippen molar-refractivity contribution in [1.82, 2.24) is 4.90 Å². The van der Waals surface area contributed by atoms with Crippen molar-refractivity contribution in [3.63, 3.8) is 0 Å². The second kappa shape index (κ2) is 9.85. The molecule has 0 atom stereocenters. The zero-order chi connectivity index (χ0) is 21.5. The molecule has 154 valence electrons. The molecular formula is C25H27N3O2. The van der Waals surface area contributed by atoms with Crippen LogP contribution in [-0.4, -0.2) is 37.4 Å². The van der Waals surface area contributed by atoms with Gasteiger partial charge in [0, 0.05) is 29.0 Å². The molecule has 3 aromatic carbocycles. The highest BCUT2D eigenvalue weighted by Gasteiger charge is 2.12. The SMILES string of the molecule is Cc1ccc(C(=O)Nc2ccc(CCN(C)C)cc2)cc1NC(=O)c1ccccc1. The molecular weight excluding hydrogens is 374 g/mol. The number of nitrogens with one attached hydrogen (secondary N) is 2. The molecule has 0 bridgehead atoms. The molecule has 3 rings (SSSR count). The summed E-state index contributed by atoms with van der Waals surface area (Å²) in [6.07, 6.45) is 0.962. The van der Waals surface area contributed by atoms with Gasteiger partial charge in [-0.2, -0.15) is 0 Å². The Hall–Kier alpha value is -3.44. The van der Waals surface area contributed by atoms with Crippen LogP contribution in [0.2, 0.25) is 0 Å². The van der Waals surface area contributed by atoms with Crippen LogP contribution in [-0.2, 0) is 6.42 Å². The maximum absolute atomic E-state index is 12.7. The Morgan fingerprint density at radius 1 is 0.800 bits per heavy atom. The number of carbonyl (C=O) groups is 2. The molecule has 3 aromatic rings. The van der Waals surface area contributed by atoms with E-state index in [-0.39, 0.29) is 11.8 Å². The summed E-state index contributed by atoms with van der Waals surface area (Å²) < 4.78 is 0. The van der Waals surface area contributed by atoms with E-state index < -0.39 is 0 Å². The van der Waals surface area contributed by atoms with Gasteiger partial charge in [0.15, 0.2) is 0 Å². The lowest BCUT2D eigenvalue weighted by Gasteiger charge is -2.12. The van der Waals surface area contributed by atoms with Gasteiger partial charge >= 0.3 is 0 Å². The fourth-order valence-electron chi connectivity index (χ4n) is 2.99. The van der Waals surface area contributed by atoms with E-state index in [0.717, 1.165) is 24.2 Å². The quantitative estimate of drug-likeness (QED) is 0.608. The predicted molar refractivity (Wildman–Crippen MR) is 122 cm³/mol. The van der Waals surface area contributed by atoms with Gasteiger partial charge < -0.3 is 15.5 Å². The summed E-state index contributed by atoms with van der Waals surface area (Å²) in [6, 6.07) is 22.2. The largest absolute Gasteiger partial charge is 0.322 e. The Morgan fingerprint density at radius 3 is 2.13 bits per heavy atom. The average molecular weight is 402 g/mol. The zero-order valence-corrected chi connectivity index (χ0v) is 17.6. The lowest BCUT2D eigenvalue weighted by Crippen LogP contribution is -2.16. The molecule has 0 aliphatic rings. The van der Waals surface area contributed by atoms with E-state index in [1.165, 1.54) is 5.56 Å². The van der Waals surface area contributed by atoms with Gasteiger partial charge in [-0.15, -0.1) is 0 Å². The number of nitrogens with zero attached hydrogens (tertiary/aromatic N) is 1. The van der Waals surface area contributed by atoms with E-state index in [4.69, 9.17) is 0 Å². The van der Waals surface area contributed by atoms with Crippen LogP contribution < -0.4 is 10.6 Å². The Kier molecular flexibility index (Phi) is 6.99. The van der Waals surface area contributed by atoms with Gasteiger partial charge in [-0.05, 0) is 75.0 Å². The summed E-state index contributed by atoms with van der Waals surface area (Å²) in [5, 5.41) is 5.81. The highest BCUT2D eigenvalue weighted by Crippen LogP contribution is 2.19. The molecule has 0 radical (unpaired) electrons. The van der Waals surface area contributed by atoms with Gasteiger partial charge in [-0.1, -0.05) is 36.4 Å². The van der Waals surface area contributed by atoms with Crippen molar-refractivity contribution in [1.29, 1.82) is 0 Å². The summed E-state index contributed by atoms with van der Waals surface area (Å²) in [7, 11) is 4.10. The first kappa shape index (κ1) is 21.3. The molecule has 0 aromatic heterocycles. The third kappa shape index (κ3) is 5.78. The molecule has 5 heteroatoms.